The number of hydrogen-bond acceptors (Lipinski definition) is 8. The van der Waals surface area contributed by atoms with Crippen molar-refractivity contribution in [2.45, 2.75) is 6.42 Å². The third-order valence-corrected chi connectivity index (χ3v) is 5.56. The van der Waals surface area contributed by atoms with E-state index in [0.29, 0.717) is 31.9 Å². The van der Waals surface area contributed by atoms with Gasteiger partial charge in [-0.2, -0.15) is 0 Å². The molecule has 0 aliphatic heterocycles. The monoisotopic (exact) mass is 429 g/mol. The van der Waals surface area contributed by atoms with Gasteiger partial charge in [-0.1, -0.05) is 11.3 Å². The van der Waals surface area contributed by atoms with Crippen molar-refractivity contribution in [2.75, 3.05) is 10.6 Å². The zero-order valence-corrected chi connectivity index (χ0v) is 16.2. The van der Waals surface area contributed by atoms with E-state index in [9.17, 15) is 19.3 Å². The number of carbonyl (C=O) groups is 1. The Balaban J connectivity index is 1.39. The van der Waals surface area contributed by atoms with Crippen molar-refractivity contribution in [3.05, 3.63) is 69.5 Å². The van der Waals surface area contributed by atoms with Gasteiger partial charge in [0.2, 0.25) is 5.91 Å². The average Bonchev–Trinajstić information content (AvgIpc) is 3.28. The Kier molecular flexibility index (Phi) is 5.14. The van der Waals surface area contributed by atoms with Crippen LogP contribution in [0, 0.1) is 15.9 Å². The van der Waals surface area contributed by atoms with E-state index in [0.717, 1.165) is 0 Å². The van der Waals surface area contributed by atoms with Crippen molar-refractivity contribution >= 4 is 60.4 Å². The van der Waals surface area contributed by atoms with Gasteiger partial charge < -0.3 is 10.6 Å². The highest BCUT2D eigenvalue weighted by atomic mass is 32.1. The molecule has 0 aliphatic rings. The van der Waals surface area contributed by atoms with E-state index in [4.69, 9.17) is 0 Å². The Morgan fingerprint density at radius 1 is 1.14 bits per heavy atom. The molecule has 4 rings (SSSR count). The number of fused-ring (bicyclic) bond motifs is 1. The number of amides is 1. The largest absolute Gasteiger partial charge is 0.332 e. The van der Waals surface area contributed by atoms with Gasteiger partial charge in [0.1, 0.15) is 5.82 Å². The Morgan fingerprint density at radius 2 is 1.93 bits per heavy atom. The number of anilines is 3. The maximum absolute atomic E-state index is 13.0. The van der Waals surface area contributed by atoms with Gasteiger partial charge in [0.15, 0.2) is 10.3 Å². The summed E-state index contributed by atoms with van der Waals surface area (Å²) in [5.41, 5.74) is 1.83. The third-order valence-electron chi connectivity index (χ3n) is 3.82. The summed E-state index contributed by atoms with van der Waals surface area (Å²) in [7, 11) is 0. The first kappa shape index (κ1) is 18.9. The van der Waals surface area contributed by atoms with Crippen molar-refractivity contribution in [1.82, 2.24) is 9.97 Å². The van der Waals surface area contributed by atoms with Gasteiger partial charge in [0.25, 0.3) is 5.69 Å². The summed E-state index contributed by atoms with van der Waals surface area (Å²) in [4.78, 5) is 31.3. The molecule has 0 fully saturated rings. The summed E-state index contributed by atoms with van der Waals surface area (Å²) in [6.07, 6.45) is 0.0532. The molecular formula is C18H12FN5O3S2. The normalized spacial score (nSPS) is 10.8. The highest BCUT2D eigenvalue weighted by Gasteiger charge is 2.13. The Labute approximate surface area is 171 Å². The number of non-ortho nitro benzene ring substituents is 1. The molecule has 0 aliphatic carbocycles. The van der Waals surface area contributed by atoms with Gasteiger partial charge in [0.05, 0.1) is 27.3 Å². The van der Waals surface area contributed by atoms with E-state index < -0.39 is 4.92 Å². The van der Waals surface area contributed by atoms with Crippen LogP contribution in [-0.4, -0.2) is 20.8 Å². The first-order valence-corrected chi connectivity index (χ1v) is 9.98. The summed E-state index contributed by atoms with van der Waals surface area (Å²) in [6, 6.07) is 10.2. The SMILES string of the molecule is O=C(Cc1csc(Nc2ccc(F)cc2)n1)Nc1nc2ccc([N+](=O)[O-])cc2s1. The molecule has 0 saturated carbocycles. The Bertz CT molecular complexity index is 1210. The number of rotatable bonds is 6. The molecule has 0 bridgehead atoms. The number of nitro benzene ring substituents is 1. The van der Waals surface area contributed by atoms with E-state index in [1.165, 1.54) is 46.9 Å². The van der Waals surface area contributed by atoms with Crippen molar-refractivity contribution in [3.63, 3.8) is 0 Å². The summed E-state index contributed by atoms with van der Waals surface area (Å²) in [6.45, 7) is 0. The lowest BCUT2D eigenvalue weighted by molar-refractivity contribution is -0.384. The number of nitro groups is 1. The molecule has 0 saturated heterocycles. The minimum Gasteiger partial charge on any atom is -0.332 e. The number of thiazole rings is 2. The summed E-state index contributed by atoms with van der Waals surface area (Å²) >= 11 is 2.50. The molecule has 0 spiro atoms. The van der Waals surface area contributed by atoms with E-state index >= 15 is 0 Å². The van der Waals surface area contributed by atoms with Crippen LogP contribution < -0.4 is 10.6 Å². The molecule has 29 heavy (non-hydrogen) atoms. The molecule has 2 aromatic heterocycles. The number of aromatic nitrogens is 2. The van der Waals surface area contributed by atoms with Crippen LogP contribution in [0.1, 0.15) is 5.69 Å². The standard InChI is InChI=1S/C18H12FN5O3S2/c19-10-1-3-11(4-2-10)20-17-21-12(9-28-17)7-16(25)23-18-22-14-6-5-13(24(26)27)8-15(14)29-18/h1-6,8-9H,7H2,(H,20,21)(H,22,23,25). The minimum absolute atomic E-state index is 0.0253. The molecule has 2 N–H and O–H groups in total. The van der Waals surface area contributed by atoms with Crippen LogP contribution in [0.15, 0.2) is 47.8 Å². The average molecular weight is 429 g/mol. The number of halogens is 1. The minimum atomic E-state index is -0.475. The van der Waals surface area contributed by atoms with Crippen LogP contribution in [0.25, 0.3) is 10.2 Å². The van der Waals surface area contributed by atoms with Crippen LogP contribution >= 0.6 is 22.7 Å². The number of benzene rings is 2. The number of nitrogens with one attached hydrogen (secondary N) is 2. The number of hydrogen-bond donors (Lipinski definition) is 2. The van der Waals surface area contributed by atoms with Gasteiger partial charge >= 0.3 is 0 Å². The van der Waals surface area contributed by atoms with Gasteiger partial charge in [-0.3, -0.25) is 14.9 Å². The molecule has 1 amide bonds. The molecule has 2 heterocycles. The molecule has 146 valence electrons. The number of nitrogens with zero attached hydrogens (tertiary/aromatic N) is 3. The molecule has 8 nitrogen and oxygen atoms in total. The van der Waals surface area contributed by atoms with Crippen LogP contribution in [0.5, 0.6) is 0 Å². The molecule has 2 aromatic carbocycles. The van der Waals surface area contributed by atoms with E-state index in [-0.39, 0.29) is 23.8 Å². The van der Waals surface area contributed by atoms with Crippen LogP contribution in [0.3, 0.4) is 0 Å². The van der Waals surface area contributed by atoms with Crippen molar-refractivity contribution < 1.29 is 14.1 Å². The summed E-state index contributed by atoms with van der Waals surface area (Å²) in [5, 5.41) is 19.3. The van der Waals surface area contributed by atoms with Crippen molar-refractivity contribution in [2.24, 2.45) is 0 Å². The quantitative estimate of drug-likeness (QED) is 0.339. The highest BCUT2D eigenvalue weighted by molar-refractivity contribution is 7.22. The smallest absolute Gasteiger partial charge is 0.270 e. The zero-order chi connectivity index (χ0) is 20.4. The fraction of sp³-hybridized carbons (Fsp3) is 0.0556. The molecule has 0 atom stereocenters. The van der Waals surface area contributed by atoms with Crippen molar-refractivity contribution in [3.8, 4) is 0 Å². The van der Waals surface area contributed by atoms with E-state index in [1.807, 2.05) is 0 Å². The second-order valence-corrected chi connectivity index (χ2v) is 7.82. The molecule has 0 unspecified atom stereocenters. The topological polar surface area (TPSA) is 110 Å². The molecule has 11 heteroatoms. The second kappa shape index (κ2) is 7.89. The van der Waals surface area contributed by atoms with Crippen LogP contribution in [0.4, 0.5) is 26.0 Å². The maximum Gasteiger partial charge on any atom is 0.270 e. The molecule has 0 radical (unpaired) electrons. The zero-order valence-electron chi connectivity index (χ0n) is 14.6. The number of carbonyl (C=O) groups excluding carboxylic acids is 1. The van der Waals surface area contributed by atoms with Gasteiger partial charge in [-0.15, -0.1) is 11.3 Å². The Morgan fingerprint density at radius 3 is 2.69 bits per heavy atom. The van der Waals surface area contributed by atoms with Crippen LogP contribution in [-0.2, 0) is 11.2 Å². The fourth-order valence-corrected chi connectivity index (χ4v) is 4.16. The fourth-order valence-electron chi connectivity index (χ4n) is 2.51. The first-order valence-electron chi connectivity index (χ1n) is 8.28. The predicted octanol–water partition coefficient (Wildman–Crippen LogP) is 4.72. The third kappa shape index (κ3) is 4.52. The highest BCUT2D eigenvalue weighted by Crippen LogP contribution is 2.29. The van der Waals surface area contributed by atoms with Gasteiger partial charge in [-0.25, -0.2) is 14.4 Å². The van der Waals surface area contributed by atoms with Gasteiger partial charge in [-0.05, 0) is 30.3 Å². The van der Waals surface area contributed by atoms with E-state index in [1.54, 1.807) is 23.6 Å². The van der Waals surface area contributed by atoms with E-state index in [2.05, 4.69) is 20.6 Å². The lowest BCUT2D eigenvalue weighted by Crippen LogP contribution is -2.14. The maximum atomic E-state index is 13.0. The molecule has 4 aromatic rings. The lowest BCUT2D eigenvalue weighted by atomic mass is 10.3. The lowest BCUT2D eigenvalue weighted by Gasteiger charge is -2.01. The Hall–Kier alpha value is -3.44. The van der Waals surface area contributed by atoms with Crippen molar-refractivity contribution in [1.29, 1.82) is 0 Å². The first-order chi connectivity index (χ1) is 14.0. The predicted molar refractivity (Wildman–Crippen MR) is 110 cm³/mol. The van der Waals surface area contributed by atoms with Crippen LogP contribution in [0.2, 0.25) is 0 Å². The van der Waals surface area contributed by atoms with Gasteiger partial charge in [0, 0.05) is 23.2 Å². The molecular weight excluding hydrogens is 417 g/mol. The second-order valence-electron chi connectivity index (χ2n) is 5.93. The summed E-state index contributed by atoms with van der Waals surface area (Å²) < 4.78 is 13.6. The summed E-state index contributed by atoms with van der Waals surface area (Å²) in [5.74, 6) is -0.617.